The van der Waals surface area contributed by atoms with E-state index in [0.29, 0.717) is 16.0 Å². The van der Waals surface area contributed by atoms with Gasteiger partial charge in [0.05, 0.1) is 7.11 Å². The third-order valence-electron chi connectivity index (χ3n) is 2.63. The van der Waals surface area contributed by atoms with Gasteiger partial charge in [-0.3, -0.25) is 0 Å². The molecule has 0 unspecified atom stereocenters. The van der Waals surface area contributed by atoms with Crippen molar-refractivity contribution >= 4 is 21.9 Å². The van der Waals surface area contributed by atoms with Gasteiger partial charge < -0.3 is 14.7 Å². The Balaban J connectivity index is 2.11. The number of carbonyl (C=O) groups excluding carboxylic acids is 1. The minimum Gasteiger partial charge on any atom is -0.618 e. The van der Waals surface area contributed by atoms with E-state index in [1.165, 1.54) is 19.4 Å². The zero-order valence-electron chi connectivity index (χ0n) is 10.7. The molecule has 0 bridgehead atoms. The van der Waals surface area contributed by atoms with Crippen molar-refractivity contribution in [3.8, 4) is 5.75 Å². The lowest BCUT2D eigenvalue weighted by atomic mass is 10.2. The Morgan fingerprint density at radius 2 is 2.15 bits per heavy atom. The Kier molecular flexibility index (Phi) is 4.57. The maximum atomic E-state index is 11.8. The first kappa shape index (κ1) is 14.3. The van der Waals surface area contributed by atoms with Gasteiger partial charge in [-0.2, -0.15) is 4.73 Å². The van der Waals surface area contributed by atoms with Gasteiger partial charge in [-0.1, -0.05) is 15.9 Å². The Morgan fingerprint density at radius 1 is 1.35 bits per heavy atom. The fourth-order valence-corrected chi connectivity index (χ4v) is 2.07. The van der Waals surface area contributed by atoms with Crippen molar-refractivity contribution in [2.24, 2.45) is 0 Å². The standard InChI is InChI=1S/C14H12BrNO4/c1-19-13-6-5-11(15)8-10(13)9-20-14(17)12-4-2-3-7-16(12)18/h2-8H,9H2,1H3. The fraction of sp³-hybridized carbons (Fsp3) is 0.143. The highest BCUT2D eigenvalue weighted by molar-refractivity contribution is 9.10. The second-order valence-electron chi connectivity index (χ2n) is 3.94. The van der Waals surface area contributed by atoms with Crippen LogP contribution in [-0.2, 0) is 11.3 Å². The van der Waals surface area contributed by atoms with E-state index in [0.717, 1.165) is 4.47 Å². The van der Waals surface area contributed by atoms with Crippen LogP contribution in [0.3, 0.4) is 0 Å². The van der Waals surface area contributed by atoms with E-state index in [1.54, 1.807) is 24.3 Å². The lowest BCUT2D eigenvalue weighted by Gasteiger charge is -2.09. The van der Waals surface area contributed by atoms with Crippen LogP contribution < -0.4 is 9.47 Å². The largest absolute Gasteiger partial charge is 0.618 e. The number of carbonyl (C=O) groups is 1. The number of hydrogen-bond donors (Lipinski definition) is 0. The number of halogens is 1. The van der Waals surface area contributed by atoms with Gasteiger partial charge in [0, 0.05) is 22.2 Å². The maximum absolute atomic E-state index is 11.8. The molecule has 2 rings (SSSR count). The smallest absolute Gasteiger partial charge is 0.405 e. The summed E-state index contributed by atoms with van der Waals surface area (Å²) in [6.07, 6.45) is 1.25. The van der Waals surface area contributed by atoms with Crippen molar-refractivity contribution in [2.45, 2.75) is 6.61 Å². The van der Waals surface area contributed by atoms with Gasteiger partial charge in [0.25, 0.3) is 0 Å². The molecule has 5 nitrogen and oxygen atoms in total. The summed E-state index contributed by atoms with van der Waals surface area (Å²) in [5, 5.41) is 11.4. The molecule has 1 aromatic heterocycles. The molecule has 0 radical (unpaired) electrons. The molecule has 0 aliphatic carbocycles. The molecule has 0 aliphatic rings. The molecule has 2 aromatic rings. The Morgan fingerprint density at radius 3 is 2.85 bits per heavy atom. The highest BCUT2D eigenvalue weighted by atomic mass is 79.9. The summed E-state index contributed by atoms with van der Waals surface area (Å²) in [5.41, 5.74) is 0.657. The summed E-state index contributed by atoms with van der Waals surface area (Å²) < 4.78 is 11.6. The van der Waals surface area contributed by atoms with Crippen LogP contribution in [0.5, 0.6) is 5.75 Å². The lowest BCUT2D eigenvalue weighted by Crippen LogP contribution is -2.34. The second kappa shape index (κ2) is 6.38. The monoisotopic (exact) mass is 337 g/mol. The number of methoxy groups -OCH3 is 1. The Labute approximate surface area is 124 Å². The van der Waals surface area contributed by atoms with Gasteiger partial charge in [0.2, 0.25) is 0 Å². The summed E-state index contributed by atoms with van der Waals surface area (Å²) in [4.78, 5) is 11.8. The fourth-order valence-electron chi connectivity index (χ4n) is 1.66. The molecule has 0 fully saturated rings. The summed E-state index contributed by atoms with van der Waals surface area (Å²) in [6.45, 7) is 0.0241. The van der Waals surface area contributed by atoms with E-state index in [-0.39, 0.29) is 12.3 Å². The molecule has 0 aliphatic heterocycles. The van der Waals surface area contributed by atoms with Gasteiger partial charge in [-0.05, 0) is 24.3 Å². The first-order chi connectivity index (χ1) is 9.61. The minimum atomic E-state index is -0.678. The van der Waals surface area contributed by atoms with E-state index < -0.39 is 5.97 Å². The van der Waals surface area contributed by atoms with Crippen molar-refractivity contribution in [1.82, 2.24) is 0 Å². The molecule has 1 heterocycles. The van der Waals surface area contributed by atoms with Crippen molar-refractivity contribution < 1.29 is 19.0 Å². The number of pyridine rings is 1. The molecule has 0 atom stereocenters. The van der Waals surface area contributed by atoms with E-state index in [2.05, 4.69) is 15.9 Å². The lowest BCUT2D eigenvalue weighted by molar-refractivity contribution is -0.608. The van der Waals surface area contributed by atoms with E-state index in [9.17, 15) is 10.0 Å². The van der Waals surface area contributed by atoms with Crippen LogP contribution in [0.15, 0.2) is 47.1 Å². The van der Waals surface area contributed by atoms with Crippen LogP contribution in [0.1, 0.15) is 16.1 Å². The molecule has 20 heavy (non-hydrogen) atoms. The van der Waals surface area contributed by atoms with Crippen molar-refractivity contribution in [3.05, 3.63) is 63.5 Å². The first-order valence-electron chi connectivity index (χ1n) is 5.79. The number of hydrogen-bond acceptors (Lipinski definition) is 4. The molecule has 0 amide bonds. The zero-order valence-corrected chi connectivity index (χ0v) is 12.3. The van der Waals surface area contributed by atoms with Crippen LogP contribution in [0, 0.1) is 5.21 Å². The van der Waals surface area contributed by atoms with E-state index in [4.69, 9.17) is 9.47 Å². The molecule has 6 heteroatoms. The summed E-state index contributed by atoms with van der Waals surface area (Å²) in [5.74, 6) is -0.0632. The molecular weight excluding hydrogens is 326 g/mol. The van der Waals surface area contributed by atoms with Gasteiger partial charge in [-0.15, -0.1) is 0 Å². The Hall–Kier alpha value is -2.08. The highest BCUT2D eigenvalue weighted by Crippen LogP contribution is 2.23. The molecule has 1 aromatic carbocycles. The topological polar surface area (TPSA) is 62.5 Å². The highest BCUT2D eigenvalue weighted by Gasteiger charge is 2.17. The van der Waals surface area contributed by atoms with Crippen LogP contribution in [0.25, 0.3) is 0 Å². The molecular formula is C14H12BrNO4. The summed E-state index contributed by atoms with van der Waals surface area (Å²) in [6, 6.07) is 9.94. The van der Waals surface area contributed by atoms with Crippen LogP contribution in [-0.4, -0.2) is 13.1 Å². The predicted octanol–water partition coefficient (Wildman–Crippen LogP) is 2.45. The predicted molar refractivity (Wildman–Crippen MR) is 75.2 cm³/mol. The molecule has 0 spiro atoms. The SMILES string of the molecule is COc1ccc(Br)cc1COC(=O)c1cccc[n+]1[O-]. The minimum absolute atomic E-state index is 0.0241. The van der Waals surface area contributed by atoms with Crippen LogP contribution in [0.4, 0.5) is 0 Å². The van der Waals surface area contributed by atoms with Crippen molar-refractivity contribution in [2.75, 3.05) is 7.11 Å². The number of benzene rings is 1. The second-order valence-corrected chi connectivity index (χ2v) is 4.86. The number of esters is 1. The molecule has 0 saturated carbocycles. The average Bonchev–Trinajstić information content (AvgIpc) is 2.45. The van der Waals surface area contributed by atoms with Crippen molar-refractivity contribution in [3.63, 3.8) is 0 Å². The van der Waals surface area contributed by atoms with Gasteiger partial charge >= 0.3 is 11.7 Å². The quantitative estimate of drug-likeness (QED) is 0.488. The van der Waals surface area contributed by atoms with Gasteiger partial charge in [0.15, 0.2) is 6.20 Å². The number of ether oxygens (including phenoxy) is 2. The Bertz CT molecular complexity index is 630. The van der Waals surface area contributed by atoms with E-state index in [1.807, 2.05) is 6.07 Å². The van der Waals surface area contributed by atoms with Crippen LogP contribution >= 0.6 is 15.9 Å². The molecule has 0 saturated heterocycles. The van der Waals surface area contributed by atoms with Gasteiger partial charge in [-0.25, -0.2) is 4.79 Å². The maximum Gasteiger partial charge on any atom is 0.405 e. The average molecular weight is 338 g/mol. The number of aromatic nitrogens is 1. The van der Waals surface area contributed by atoms with E-state index >= 15 is 0 Å². The summed E-state index contributed by atoms with van der Waals surface area (Å²) >= 11 is 3.34. The molecule has 0 N–H and O–H groups in total. The normalized spacial score (nSPS) is 10.1. The van der Waals surface area contributed by atoms with Crippen LogP contribution in [0.2, 0.25) is 0 Å². The molecule has 104 valence electrons. The first-order valence-corrected chi connectivity index (χ1v) is 6.59. The zero-order chi connectivity index (χ0) is 14.5. The van der Waals surface area contributed by atoms with Gasteiger partial charge in [0.1, 0.15) is 12.4 Å². The number of nitrogens with zero attached hydrogens (tertiary/aromatic N) is 1. The third-order valence-corrected chi connectivity index (χ3v) is 3.13. The summed E-state index contributed by atoms with van der Waals surface area (Å²) in [7, 11) is 1.54. The van der Waals surface area contributed by atoms with Crippen molar-refractivity contribution in [1.29, 1.82) is 0 Å². The number of rotatable bonds is 4. The third kappa shape index (κ3) is 3.27.